The van der Waals surface area contributed by atoms with Crippen LogP contribution in [0.15, 0.2) is 77.6 Å². The molecule has 0 aliphatic heterocycles. The van der Waals surface area contributed by atoms with Gasteiger partial charge in [0.2, 0.25) is 0 Å². The maximum Gasteiger partial charge on any atom is 0.257 e. The van der Waals surface area contributed by atoms with Crippen LogP contribution in [-0.4, -0.2) is 17.9 Å². The van der Waals surface area contributed by atoms with Crippen molar-refractivity contribution in [2.24, 2.45) is 0 Å². The second kappa shape index (κ2) is 6.48. The largest absolute Gasteiger partial charge is 0.472 e. The lowest BCUT2D eigenvalue weighted by Crippen LogP contribution is -2.31. The molecule has 1 heterocycles. The summed E-state index contributed by atoms with van der Waals surface area (Å²) in [6, 6.07) is 17.2. The lowest BCUT2D eigenvalue weighted by atomic mass is 9.97. The number of halogens is 1. The Morgan fingerprint density at radius 2 is 1.65 bits per heavy atom. The molecule has 1 unspecified atom stereocenters. The van der Waals surface area contributed by atoms with E-state index in [9.17, 15) is 9.18 Å². The molecule has 0 fully saturated rings. The van der Waals surface area contributed by atoms with E-state index in [0.29, 0.717) is 5.56 Å². The van der Waals surface area contributed by atoms with E-state index in [4.69, 9.17) is 4.42 Å². The first-order valence-electron chi connectivity index (χ1n) is 7.26. The van der Waals surface area contributed by atoms with Gasteiger partial charge in [0.1, 0.15) is 12.1 Å². The van der Waals surface area contributed by atoms with Crippen molar-refractivity contribution in [1.29, 1.82) is 0 Å². The highest BCUT2D eigenvalue weighted by atomic mass is 19.1. The van der Waals surface area contributed by atoms with E-state index >= 15 is 0 Å². The Kier molecular flexibility index (Phi) is 4.24. The van der Waals surface area contributed by atoms with Crippen LogP contribution in [0, 0.1) is 5.82 Å². The zero-order valence-electron chi connectivity index (χ0n) is 12.6. The number of carbonyl (C=O) groups is 1. The minimum Gasteiger partial charge on any atom is -0.472 e. The summed E-state index contributed by atoms with van der Waals surface area (Å²) in [5, 5.41) is 0. The molecule has 0 radical (unpaired) electrons. The minimum atomic E-state index is -0.306. The number of carbonyl (C=O) groups excluding carboxylic acids is 1. The van der Waals surface area contributed by atoms with Gasteiger partial charge in [-0.25, -0.2) is 4.39 Å². The molecular weight excluding hydrogens is 293 g/mol. The van der Waals surface area contributed by atoms with Gasteiger partial charge in [-0.05, 0) is 29.3 Å². The SMILES string of the molecule is CN(C(=O)c1ccoc1)C(c1ccccc1)c1ccc(F)cc1. The Morgan fingerprint density at radius 1 is 1.00 bits per heavy atom. The van der Waals surface area contributed by atoms with E-state index in [1.165, 1.54) is 24.7 Å². The van der Waals surface area contributed by atoms with Gasteiger partial charge in [-0.2, -0.15) is 0 Å². The normalized spacial score (nSPS) is 11.9. The van der Waals surface area contributed by atoms with Crippen molar-refractivity contribution in [3.63, 3.8) is 0 Å². The topological polar surface area (TPSA) is 33.5 Å². The summed E-state index contributed by atoms with van der Waals surface area (Å²) >= 11 is 0. The predicted molar refractivity (Wildman–Crippen MR) is 85.5 cm³/mol. The number of nitrogens with zero attached hydrogens (tertiary/aromatic N) is 1. The second-order valence-corrected chi connectivity index (χ2v) is 5.29. The zero-order chi connectivity index (χ0) is 16.2. The van der Waals surface area contributed by atoms with Crippen LogP contribution < -0.4 is 0 Å². The summed E-state index contributed by atoms with van der Waals surface area (Å²) in [6.07, 6.45) is 2.89. The average molecular weight is 309 g/mol. The van der Waals surface area contributed by atoms with Gasteiger partial charge in [-0.1, -0.05) is 42.5 Å². The van der Waals surface area contributed by atoms with Crippen LogP contribution in [0.5, 0.6) is 0 Å². The first-order valence-corrected chi connectivity index (χ1v) is 7.26. The molecule has 3 aromatic rings. The third kappa shape index (κ3) is 3.16. The number of furan rings is 1. The lowest BCUT2D eigenvalue weighted by Gasteiger charge is -2.29. The van der Waals surface area contributed by atoms with Gasteiger partial charge in [0.05, 0.1) is 17.9 Å². The number of benzene rings is 2. The zero-order valence-corrected chi connectivity index (χ0v) is 12.6. The van der Waals surface area contributed by atoms with E-state index in [0.717, 1.165) is 11.1 Å². The van der Waals surface area contributed by atoms with Crippen molar-refractivity contribution in [2.45, 2.75) is 6.04 Å². The minimum absolute atomic E-state index is 0.156. The summed E-state index contributed by atoms with van der Waals surface area (Å²) in [7, 11) is 1.73. The number of hydrogen-bond donors (Lipinski definition) is 0. The maximum atomic E-state index is 13.2. The van der Waals surface area contributed by atoms with Crippen molar-refractivity contribution >= 4 is 5.91 Å². The van der Waals surface area contributed by atoms with E-state index in [2.05, 4.69) is 0 Å². The molecule has 0 N–H and O–H groups in total. The first-order chi connectivity index (χ1) is 11.2. The highest BCUT2D eigenvalue weighted by Crippen LogP contribution is 2.29. The summed E-state index contributed by atoms with van der Waals surface area (Å²) in [4.78, 5) is 14.3. The predicted octanol–water partition coefficient (Wildman–Crippen LogP) is 4.28. The molecule has 23 heavy (non-hydrogen) atoms. The van der Waals surface area contributed by atoms with Crippen LogP contribution in [0.3, 0.4) is 0 Å². The summed E-state index contributed by atoms with van der Waals surface area (Å²) in [5.74, 6) is -0.457. The molecule has 1 amide bonds. The van der Waals surface area contributed by atoms with Gasteiger partial charge in [0.15, 0.2) is 0 Å². The highest BCUT2D eigenvalue weighted by Gasteiger charge is 2.24. The molecule has 3 nitrogen and oxygen atoms in total. The number of hydrogen-bond acceptors (Lipinski definition) is 2. The molecule has 0 spiro atoms. The number of amides is 1. The second-order valence-electron chi connectivity index (χ2n) is 5.29. The smallest absolute Gasteiger partial charge is 0.257 e. The van der Waals surface area contributed by atoms with Gasteiger partial charge < -0.3 is 9.32 Å². The van der Waals surface area contributed by atoms with E-state index in [-0.39, 0.29) is 17.8 Å². The Balaban J connectivity index is 2.01. The van der Waals surface area contributed by atoms with Gasteiger partial charge in [0, 0.05) is 7.05 Å². The Bertz CT molecular complexity index is 767. The van der Waals surface area contributed by atoms with Gasteiger partial charge >= 0.3 is 0 Å². The van der Waals surface area contributed by atoms with Gasteiger partial charge in [0.25, 0.3) is 5.91 Å². The standard InChI is InChI=1S/C19H16FNO2/c1-21(19(22)16-11-12-23-13-16)18(14-5-3-2-4-6-14)15-7-9-17(20)10-8-15/h2-13,18H,1H3. The molecule has 116 valence electrons. The molecule has 1 atom stereocenters. The third-order valence-electron chi connectivity index (χ3n) is 3.78. The van der Waals surface area contributed by atoms with Crippen molar-refractivity contribution in [1.82, 2.24) is 4.90 Å². The molecular formula is C19H16FNO2. The molecule has 0 saturated heterocycles. The van der Waals surface area contributed by atoms with Crippen LogP contribution >= 0.6 is 0 Å². The monoisotopic (exact) mass is 309 g/mol. The van der Waals surface area contributed by atoms with Crippen molar-refractivity contribution < 1.29 is 13.6 Å². The molecule has 0 aliphatic carbocycles. The Hall–Kier alpha value is -2.88. The van der Waals surface area contributed by atoms with Gasteiger partial charge in [-0.15, -0.1) is 0 Å². The number of rotatable bonds is 4. The maximum absolute atomic E-state index is 13.2. The van der Waals surface area contributed by atoms with Crippen molar-refractivity contribution in [3.8, 4) is 0 Å². The third-order valence-corrected chi connectivity index (χ3v) is 3.78. The molecule has 0 bridgehead atoms. The van der Waals surface area contributed by atoms with Gasteiger partial charge in [-0.3, -0.25) is 4.79 Å². The Morgan fingerprint density at radius 3 is 2.26 bits per heavy atom. The van der Waals surface area contributed by atoms with Crippen LogP contribution in [-0.2, 0) is 0 Å². The molecule has 4 heteroatoms. The van der Waals surface area contributed by atoms with Crippen LogP contribution in [0.2, 0.25) is 0 Å². The van der Waals surface area contributed by atoms with Crippen LogP contribution in [0.25, 0.3) is 0 Å². The summed E-state index contributed by atoms with van der Waals surface area (Å²) in [6.45, 7) is 0. The highest BCUT2D eigenvalue weighted by molar-refractivity contribution is 5.94. The van der Waals surface area contributed by atoms with Crippen molar-refractivity contribution in [2.75, 3.05) is 7.05 Å². The van der Waals surface area contributed by atoms with Crippen LogP contribution in [0.1, 0.15) is 27.5 Å². The molecule has 1 aromatic heterocycles. The quantitative estimate of drug-likeness (QED) is 0.720. The molecule has 3 rings (SSSR count). The van der Waals surface area contributed by atoms with E-state index in [1.807, 2.05) is 30.3 Å². The summed E-state index contributed by atoms with van der Waals surface area (Å²) in [5.41, 5.74) is 2.28. The van der Waals surface area contributed by atoms with Crippen LogP contribution in [0.4, 0.5) is 4.39 Å². The van der Waals surface area contributed by atoms with E-state index < -0.39 is 0 Å². The summed E-state index contributed by atoms with van der Waals surface area (Å²) < 4.78 is 18.2. The fourth-order valence-electron chi connectivity index (χ4n) is 2.63. The average Bonchev–Trinajstić information content (AvgIpc) is 3.11. The lowest BCUT2D eigenvalue weighted by molar-refractivity contribution is 0.0754. The first kappa shape index (κ1) is 15.0. The fourth-order valence-corrected chi connectivity index (χ4v) is 2.63. The molecule has 0 aliphatic rings. The van der Waals surface area contributed by atoms with E-state index in [1.54, 1.807) is 30.1 Å². The fraction of sp³-hybridized carbons (Fsp3) is 0.105. The molecule has 0 saturated carbocycles. The Labute approximate surface area is 134 Å². The molecule has 2 aromatic carbocycles. The van der Waals surface area contributed by atoms with Crippen molar-refractivity contribution in [3.05, 3.63) is 95.7 Å².